The van der Waals surface area contributed by atoms with Crippen molar-refractivity contribution in [3.05, 3.63) is 0 Å². The third-order valence-electron chi connectivity index (χ3n) is 6.13. The van der Waals surface area contributed by atoms with Gasteiger partial charge < -0.3 is 5.32 Å². The van der Waals surface area contributed by atoms with Crippen LogP contribution in [0.25, 0.3) is 0 Å². The lowest BCUT2D eigenvalue weighted by atomic mass is 9.64. The fraction of sp³-hybridized carbons (Fsp3) is 0.867. The van der Waals surface area contributed by atoms with Gasteiger partial charge in [0.05, 0.1) is 5.41 Å². The number of amides is 1. The van der Waals surface area contributed by atoms with E-state index in [1.165, 1.54) is 0 Å². The van der Waals surface area contributed by atoms with Crippen LogP contribution in [-0.4, -0.2) is 17.7 Å². The van der Waals surface area contributed by atoms with Gasteiger partial charge in [-0.2, -0.15) is 0 Å². The smallest absolute Gasteiger partial charge is 0.227 e. The Labute approximate surface area is 110 Å². The van der Waals surface area contributed by atoms with E-state index in [2.05, 4.69) is 26.1 Å². The zero-order chi connectivity index (χ0) is 13.8. The van der Waals surface area contributed by atoms with E-state index in [1.54, 1.807) is 0 Å². The molecule has 2 aliphatic carbocycles. The van der Waals surface area contributed by atoms with Gasteiger partial charge in [-0.3, -0.25) is 9.59 Å². The topological polar surface area (TPSA) is 46.2 Å². The Kier molecular flexibility index (Phi) is 2.88. The van der Waals surface area contributed by atoms with E-state index >= 15 is 0 Å². The van der Waals surface area contributed by atoms with E-state index in [9.17, 15) is 9.59 Å². The Morgan fingerprint density at radius 3 is 2.33 bits per heavy atom. The van der Waals surface area contributed by atoms with Gasteiger partial charge in [0.1, 0.15) is 5.78 Å². The van der Waals surface area contributed by atoms with Gasteiger partial charge in [-0.15, -0.1) is 0 Å². The van der Waals surface area contributed by atoms with Crippen LogP contribution in [0, 0.1) is 16.2 Å². The van der Waals surface area contributed by atoms with Gasteiger partial charge in [-0.05, 0) is 31.6 Å². The largest absolute Gasteiger partial charge is 0.353 e. The van der Waals surface area contributed by atoms with E-state index < -0.39 is 5.41 Å². The van der Waals surface area contributed by atoms with Gasteiger partial charge in [0.2, 0.25) is 5.91 Å². The number of nitrogens with one attached hydrogen (secondary N) is 1. The Balaban J connectivity index is 2.33. The van der Waals surface area contributed by atoms with Gasteiger partial charge in [-0.1, -0.05) is 27.7 Å². The van der Waals surface area contributed by atoms with Crippen LogP contribution >= 0.6 is 0 Å². The fourth-order valence-corrected chi connectivity index (χ4v) is 3.82. The molecular formula is C15H25NO2. The Morgan fingerprint density at radius 2 is 1.94 bits per heavy atom. The minimum absolute atomic E-state index is 0.0939. The molecule has 3 nitrogen and oxygen atoms in total. The summed E-state index contributed by atoms with van der Waals surface area (Å²) in [6, 6.07) is 0.185. The average Bonchev–Trinajstić information content (AvgIpc) is 2.59. The number of hydrogen-bond acceptors (Lipinski definition) is 2. The lowest BCUT2D eigenvalue weighted by molar-refractivity contribution is -0.137. The molecule has 0 unspecified atom stereocenters. The highest BCUT2D eigenvalue weighted by molar-refractivity contribution is 5.99. The maximum atomic E-state index is 12.6. The quantitative estimate of drug-likeness (QED) is 0.838. The molecule has 2 aliphatic rings. The SMILES string of the molecule is CC[C@@H](C)NC(=O)[C@@]12CC[C@@](C)(C(=O)C1)C2(C)C. The highest BCUT2D eigenvalue weighted by atomic mass is 16.2. The van der Waals surface area contributed by atoms with Gasteiger partial charge >= 0.3 is 0 Å². The summed E-state index contributed by atoms with van der Waals surface area (Å²) in [6.45, 7) is 10.3. The molecule has 1 amide bonds. The first-order chi connectivity index (χ1) is 8.21. The van der Waals surface area contributed by atoms with Crippen LogP contribution in [0.15, 0.2) is 0 Å². The monoisotopic (exact) mass is 251 g/mol. The zero-order valence-corrected chi connectivity index (χ0v) is 12.2. The Morgan fingerprint density at radius 1 is 1.33 bits per heavy atom. The van der Waals surface area contributed by atoms with Crippen molar-refractivity contribution < 1.29 is 9.59 Å². The molecular weight excluding hydrogens is 226 g/mol. The van der Waals surface area contributed by atoms with Crippen molar-refractivity contribution in [3.8, 4) is 0 Å². The summed E-state index contributed by atoms with van der Waals surface area (Å²) in [4.78, 5) is 24.9. The third kappa shape index (κ3) is 1.36. The first-order valence-electron chi connectivity index (χ1n) is 7.05. The van der Waals surface area contributed by atoms with Crippen molar-refractivity contribution in [2.24, 2.45) is 16.2 Å². The van der Waals surface area contributed by atoms with E-state index in [0.29, 0.717) is 6.42 Å². The number of ketones is 1. The maximum absolute atomic E-state index is 12.6. The molecule has 0 radical (unpaired) electrons. The second kappa shape index (κ2) is 3.82. The van der Waals surface area contributed by atoms with E-state index in [0.717, 1.165) is 19.3 Å². The van der Waals surface area contributed by atoms with Crippen molar-refractivity contribution in [2.45, 2.75) is 66.3 Å². The molecule has 2 rings (SSSR count). The van der Waals surface area contributed by atoms with Gasteiger partial charge in [0, 0.05) is 17.9 Å². The minimum atomic E-state index is -0.470. The normalized spacial score (nSPS) is 38.8. The average molecular weight is 251 g/mol. The predicted octanol–water partition coefficient (Wildman–Crippen LogP) is 2.69. The standard InChI is InChI=1S/C15H25NO2/c1-6-10(2)16-12(18)15-8-7-14(5,11(17)9-15)13(15,3)4/h10H,6-9H2,1-5H3,(H,16,18)/t10-,14+,15-/m1/s1. The zero-order valence-electron chi connectivity index (χ0n) is 12.2. The van der Waals surface area contributed by atoms with Crippen LogP contribution in [0.2, 0.25) is 0 Å². The second-order valence-electron chi connectivity index (χ2n) is 6.92. The molecule has 0 saturated heterocycles. The lowest BCUT2D eigenvalue weighted by Gasteiger charge is -2.39. The molecule has 0 aromatic rings. The minimum Gasteiger partial charge on any atom is -0.353 e. The highest BCUT2D eigenvalue weighted by Crippen LogP contribution is 2.70. The molecule has 2 bridgehead atoms. The van der Waals surface area contributed by atoms with Crippen LogP contribution in [0.1, 0.15) is 60.3 Å². The van der Waals surface area contributed by atoms with Crippen LogP contribution < -0.4 is 5.32 Å². The van der Waals surface area contributed by atoms with Crippen molar-refractivity contribution in [3.63, 3.8) is 0 Å². The summed E-state index contributed by atoms with van der Waals surface area (Å²) in [7, 11) is 0. The first kappa shape index (κ1) is 13.6. The highest BCUT2D eigenvalue weighted by Gasteiger charge is 2.72. The molecule has 1 N–H and O–H groups in total. The summed E-state index contributed by atoms with van der Waals surface area (Å²) in [5, 5.41) is 3.09. The summed E-state index contributed by atoms with van der Waals surface area (Å²) in [5.41, 5.74) is -1.00. The van der Waals surface area contributed by atoms with Crippen LogP contribution in [0.4, 0.5) is 0 Å². The summed E-state index contributed by atoms with van der Waals surface area (Å²) >= 11 is 0. The van der Waals surface area contributed by atoms with Crippen LogP contribution in [-0.2, 0) is 9.59 Å². The number of fused-ring (bicyclic) bond motifs is 2. The molecule has 2 fully saturated rings. The van der Waals surface area contributed by atoms with E-state index in [4.69, 9.17) is 0 Å². The van der Waals surface area contributed by atoms with Crippen molar-refractivity contribution in [1.82, 2.24) is 5.32 Å². The molecule has 2 saturated carbocycles. The third-order valence-corrected chi connectivity index (χ3v) is 6.13. The van der Waals surface area contributed by atoms with Crippen LogP contribution in [0.3, 0.4) is 0 Å². The molecule has 18 heavy (non-hydrogen) atoms. The molecule has 3 heteroatoms. The molecule has 102 valence electrons. The molecule has 0 aliphatic heterocycles. The number of hydrogen-bond donors (Lipinski definition) is 1. The Hall–Kier alpha value is -0.860. The predicted molar refractivity (Wildman–Crippen MR) is 71.1 cm³/mol. The summed E-state index contributed by atoms with van der Waals surface area (Å²) in [6.07, 6.45) is 3.06. The lowest BCUT2D eigenvalue weighted by Crippen LogP contribution is -2.49. The van der Waals surface area contributed by atoms with Gasteiger partial charge in [-0.25, -0.2) is 0 Å². The van der Waals surface area contributed by atoms with Crippen molar-refractivity contribution in [1.29, 1.82) is 0 Å². The Bertz CT molecular complexity index is 401. The molecule has 3 atom stereocenters. The summed E-state index contributed by atoms with van der Waals surface area (Å²) in [5.74, 6) is 0.370. The maximum Gasteiger partial charge on any atom is 0.227 e. The van der Waals surface area contributed by atoms with Crippen molar-refractivity contribution >= 4 is 11.7 Å². The van der Waals surface area contributed by atoms with Crippen molar-refractivity contribution in [2.75, 3.05) is 0 Å². The molecule has 0 aromatic carbocycles. The van der Waals surface area contributed by atoms with Crippen LogP contribution in [0.5, 0.6) is 0 Å². The first-order valence-corrected chi connectivity index (χ1v) is 7.05. The number of carbonyl (C=O) groups is 2. The number of carbonyl (C=O) groups excluding carboxylic acids is 2. The van der Waals surface area contributed by atoms with Gasteiger partial charge in [0.25, 0.3) is 0 Å². The molecule has 0 heterocycles. The fourth-order valence-electron chi connectivity index (χ4n) is 3.82. The van der Waals surface area contributed by atoms with E-state index in [1.807, 2.05) is 13.8 Å². The molecule has 0 aromatic heterocycles. The van der Waals surface area contributed by atoms with Gasteiger partial charge in [0.15, 0.2) is 0 Å². The summed E-state index contributed by atoms with van der Waals surface area (Å²) < 4.78 is 0. The number of Topliss-reactive ketones (excluding diaryl/α,β-unsaturated/α-hetero) is 1. The second-order valence-corrected chi connectivity index (χ2v) is 6.92. The molecule has 0 spiro atoms. The van der Waals surface area contributed by atoms with E-state index in [-0.39, 0.29) is 28.6 Å². The number of rotatable bonds is 3.